The number of anilines is 1. The van der Waals surface area contributed by atoms with Crippen molar-refractivity contribution in [3.05, 3.63) is 12.3 Å². The van der Waals surface area contributed by atoms with E-state index in [-0.39, 0.29) is 0 Å². The van der Waals surface area contributed by atoms with Crippen molar-refractivity contribution in [2.24, 2.45) is 0 Å². The molecule has 0 amide bonds. The lowest BCUT2D eigenvalue weighted by Crippen LogP contribution is -2.54. The van der Waals surface area contributed by atoms with Gasteiger partial charge < -0.3 is 10.2 Å². The van der Waals surface area contributed by atoms with Crippen LogP contribution < -0.4 is 10.2 Å². The molecule has 3 rings (SSSR count). The largest absolute Gasteiger partial charge is 0.336 e. The van der Waals surface area contributed by atoms with Crippen LogP contribution in [0.5, 0.6) is 0 Å². The summed E-state index contributed by atoms with van der Waals surface area (Å²) < 4.78 is 0. The standard InChI is InChI=1S/C11H17N7/c1-7-5-18(6-8(2)13-7)11-14-10(16-17-11)9-3-4-12-15-9/h3-4,7-8,13H,5-6H2,1-2H3,(H,12,15)(H,14,16,17). The first-order chi connectivity index (χ1) is 8.72. The average molecular weight is 247 g/mol. The molecule has 18 heavy (non-hydrogen) atoms. The highest BCUT2D eigenvalue weighted by molar-refractivity contribution is 5.50. The van der Waals surface area contributed by atoms with Crippen LogP contribution in [0.15, 0.2) is 12.3 Å². The highest BCUT2D eigenvalue weighted by atomic mass is 15.4. The van der Waals surface area contributed by atoms with Gasteiger partial charge in [-0.3, -0.25) is 10.2 Å². The lowest BCUT2D eigenvalue weighted by molar-refractivity contribution is 0.403. The molecule has 1 aliphatic rings. The van der Waals surface area contributed by atoms with Crippen LogP contribution >= 0.6 is 0 Å². The molecule has 0 saturated carbocycles. The van der Waals surface area contributed by atoms with Crippen LogP contribution in [0.25, 0.3) is 11.5 Å². The summed E-state index contributed by atoms with van der Waals surface area (Å²) >= 11 is 0. The Hall–Kier alpha value is -1.89. The molecule has 2 unspecified atom stereocenters. The van der Waals surface area contributed by atoms with E-state index in [0.717, 1.165) is 30.6 Å². The normalized spacial score (nSPS) is 24.4. The second-order valence-corrected chi connectivity index (χ2v) is 4.83. The Bertz CT molecular complexity index is 493. The molecular formula is C11H17N7. The van der Waals surface area contributed by atoms with Crippen LogP contribution in [-0.2, 0) is 0 Å². The van der Waals surface area contributed by atoms with Gasteiger partial charge in [0.2, 0.25) is 5.95 Å². The molecule has 2 atom stereocenters. The number of nitrogens with one attached hydrogen (secondary N) is 3. The summed E-state index contributed by atoms with van der Waals surface area (Å²) in [7, 11) is 0. The third kappa shape index (κ3) is 2.08. The van der Waals surface area contributed by atoms with Crippen LogP contribution in [0.4, 0.5) is 5.95 Å². The third-order valence-corrected chi connectivity index (χ3v) is 3.07. The summed E-state index contributed by atoms with van der Waals surface area (Å²) in [6.07, 6.45) is 1.70. The molecule has 0 aliphatic carbocycles. The smallest absolute Gasteiger partial charge is 0.245 e. The number of rotatable bonds is 2. The fourth-order valence-electron chi connectivity index (χ4n) is 2.39. The second-order valence-electron chi connectivity index (χ2n) is 4.83. The molecule has 0 bridgehead atoms. The number of hydrogen-bond donors (Lipinski definition) is 3. The zero-order valence-electron chi connectivity index (χ0n) is 10.5. The van der Waals surface area contributed by atoms with Crippen LogP contribution in [-0.4, -0.2) is 50.6 Å². The number of H-pyrrole nitrogens is 2. The Kier molecular flexibility index (Phi) is 2.75. The van der Waals surface area contributed by atoms with Gasteiger partial charge in [0, 0.05) is 31.4 Å². The first kappa shape index (κ1) is 11.2. The molecule has 0 radical (unpaired) electrons. The Morgan fingerprint density at radius 2 is 2.00 bits per heavy atom. The monoisotopic (exact) mass is 247 g/mol. The van der Waals surface area contributed by atoms with Crippen molar-refractivity contribution in [3.8, 4) is 11.5 Å². The molecule has 1 fully saturated rings. The molecule has 3 heterocycles. The van der Waals surface area contributed by atoms with Gasteiger partial charge in [-0.05, 0) is 19.9 Å². The zero-order chi connectivity index (χ0) is 12.5. The molecule has 96 valence electrons. The number of aromatic amines is 2. The van der Waals surface area contributed by atoms with Crippen LogP contribution in [0.3, 0.4) is 0 Å². The van der Waals surface area contributed by atoms with E-state index >= 15 is 0 Å². The van der Waals surface area contributed by atoms with Crippen LogP contribution in [0.1, 0.15) is 13.8 Å². The Morgan fingerprint density at radius 3 is 2.67 bits per heavy atom. The lowest BCUT2D eigenvalue weighted by Gasteiger charge is -2.35. The Balaban J connectivity index is 1.80. The fourth-order valence-corrected chi connectivity index (χ4v) is 2.39. The van der Waals surface area contributed by atoms with Gasteiger partial charge in [-0.25, -0.2) is 0 Å². The summed E-state index contributed by atoms with van der Waals surface area (Å²) in [6, 6.07) is 2.76. The summed E-state index contributed by atoms with van der Waals surface area (Å²) in [6.45, 7) is 6.19. The minimum Gasteiger partial charge on any atom is -0.336 e. The first-order valence-electron chi connectivity index (χ1n) is 6.15. The highest BCUT2D eigenvalue weighted by Gasteiger charge is 2.23. The molecule has 1 saturated heterocycles. The molecule has 7 nitrogen and oxygen atoms in total. The molecular weight excluding hydrogens is 230 g/mol. The van der Waals surface area contributed by atoms with Crippen molar-refractivity contribution in [2.45, 2.75) is 25.9 Å². The van der Waals surface area contributed by atoms with E-state index in [1.54, 1.807) is 6.20 Å². The van der Waals surface area contributed by atoms with Gasteiger partial charge in [-0.2, -0.15) is 10.1 Å². The Morgan fingerprint density at radius 1 is 1.22 bits per heavy atom. The van der Waals surface area contributed by atoms with Gasteiger partial charge >= 0.3 is 0 Å². The van der Waals surface area contributed by atoms with Gasteiger partial charge in [-0.15, -0.1) is 5.10 Å². The van der Waals surface area contributed by atoms with E-state index in [0.29, 0.717) is 12.1 Å². The topological polar surface area (TPSA) is 85.5 Å². The number of nitrogens with zero attached hydrogens (tertiary/aromatic N) is 4. The summed E-state index contributed by atoms with van der Waals surface area (Å²) in [5, 5.41) is 17.5. The SMILES string of the molecule is CC1CN(c2n[nH]c(-c3ccn[nH]3)n2)CC(C)N1. The Labute approximate surface area is 105 Å². The second kappa shape index (κ2) is 4.41. The molecule has 2 aromatic heterocycles. The van der Waals surface area contributed by atoms with Gasteiger partial charge in [0.15, 0.2) is 5.82 Å². The number of hydrogen-bond acceptors (Lipinski definition) is 5. The fraction of sp³-hybridized carbons (Fsp3) is 0.545. The van der Waals surface area contributed by atoms with E-state index < -0.39 is 0 Å². The maximum absolute atomic E-state index is 4.51. The van der Waals surface area contributed by atoms with Gasteiger partial charge in [0.1, 0.15) is 5.69 Å². The quantitative estimate of drug-likeness (QED) is 0.714. The van der Waals surface area contributed by atoms with E-state index in [1.807, 2.05) is 6.07 Å². The van der Waals surface area contributed by atoms with Crippen molar-refractivity contribution in [1.82, 2.24) is 30.7 Å². The maximum atomic E-state index is 4.51. The average Bonchev–Trinajstić information content (AvgIpc) is 2.99. The maximum Gasteiger partial charge on any atom is 0.245 e. The number of aromatic nitrogens is 5. The van der Waals surface area contributed by atoms with Crippen molar-refractivity contribution in [3.63, 3.8) is 0 Å². The van der Waals surface area contributed by atoms with E-state index in [4.69, 9.17) is 0 Å². The molecule has 0 spiro atoms. The van der Waals surface area contributed by atoms with Crippen molar-refractivity contribution in [1.29, 1.82) is 0 Å². The summed E-state index contributed by atoms with van der Waals surface area (Å²) in [5.74, 6) is 1.47. The van der Waals surface area contributed by atoms with Crippen LogP contribution in [0, 0.1) is 0 Å². The molecule has 1 aliphatic heterocycles. The lowest BCUT2D eigenvalue weighted by atomic mass is 10.1. The molecule has 3 N–H and O–H groups in total. The minimum atomic E-state index is 0.447. The van der Waals surface area contributed by atoms with Crippen molar-refractivity contribution in [2.75, 3.05) is 18.0 Å². The predicted octanol–water partition coefficient (Wildman–Crippen LogP) is 0.381. The summed E-state index contributed by atoms with van der Waals surface area (Å²) in [4.78, 5) is 6.70. The van der Waals surface area contributed by atoms with E-state index in [9.17, 15) is 0 Å². The van der Waals surface area contributed by atoms with Crippen molar-refractivity contribution < 1.29 is 0 Å². The van der Waals surface area contributed by atoms with E-state index in [1.165, 1.54) is 0 Å². The zero-order valence-corrected chi connectivity index (χ0v) is 10.5. The first-order valence-corrected chi connectivity index (χ1v) is 6.15. The third-order valence-electron chi connectivity index (χ3n) is 3.07. The van der Waals surface area contributed by atoms with Gasteiger partial charge in [0.25, 0.3) is 0 Å². The van der Waals surface area contributed by atoms with E-state index in [2.05, 4.69) is 49.4 Å². The summed E-state index contributed by atoms with van der Waals surface area (Å²) in [5.41, 5.74) is 0.852. The molecule has 2 aromatic rings. The number of piperazine rings is 1. The predicted molar refractivity (Wildman–Crippen MR) is 68.2 cm³/mol. The van der Waals surface area contributed by atoms with Gasteiger partial charge in [0.05, 0.1) is 0 Å². The van der Waals surface area contributed by atoms with Crippen molar-refractivity contribution >= 4 is 5.95 Å². The molecule has 0 aromatic carbocycles. The van der Waals surface area contributed by atoms with Gasteiger partial charge in [-0.1, -0.05) is 0 Å². The van der Waals surface area contributed by atoms with Crippen LogP contribution in [0.2, 0.25) is 0 Å². The molecule has 7 heteroatoms. The highest BCUT2D eigenvalue weighted by Crippen LogP contribution is 2.17. The minimum absolute atomic E-state index is 0.447.